The summed E-state index contributed by atoms with van der Waals surface area (Å²) in [5, 5.41) is 5.64. The van der Waals surface area contributed by atoms with E-state index in [1.54, 1.807) is 11.8 Å². The molecular formula is C20H25N5O2S2. The molecule has 0 saturated heterocycles. The fourth-order valence-electron chi connectivity index (χ4n) is 2.98. The minimum absolute atomic E-state index is 0.309. The lowest BCUT2D eigenvalue weighted by Gasteiger charge is -2.11. The Labute approximate surface area is 177 Å². The number of benzene rings is 1. The Bertz CT molecular complexity index is 1060. The van der Waals surface area contributed by atoms with Crippen molar-refractivity contribution in [2.75, 3.05) is 16.8 Å². The molecule has 0 bridgehead atoms. The topological polar surface area (TPSA) is 106 Å². The van der Waals surface area contributed by atoms with E-state index in [1.807, 2.05) is 23.6 Å². The number of nitrogens with zero attached hydrogens (tertiary/aromatic N) is 2. The van der Waals surface area contributed by atoms with Crippen LogP contribution in [0.25, 0.3) is 0 Å². The van der Waals surface area contributed by atoms with Gasteiger partial charge in [-0.15, -0.1) is 11.3 Å². The van der Waals surface area contributed by atoms with Crippen LogP contribution >= 0.6 is 23.1 Å². The van der Waals surface area contributed by atoms with Crippen molar-refractivity contribution in [1.29, 1.82) is 0 Å². The second-order valence-corrected chi connectivity index (χ2v) is 8.68. The summed E-state index contributed by atoms with van der Waals surface area (Å²) in [4.78, 5) is 31.7. The van der Waals surface area contributed by atoms with Crippen molar-refractivity contribution in [3.05, 3.63) is 67.3 Å². The Balaban J connectivity index is 1.57. The number of nitrogen functional groups attached to an aromatic ring is 1. The molecule has 3 rings (SSSR count). The summed E-state index contributed by atoms with van der Waals surface area (Å²) in [6.45, 7) is 4.54. The van der Waals surface area contributed by atoms with Crippen LogP contribution in [0.2, 0.25) is 0 Å². The quantitative estimate of drug-likeness (QED) is 0.448. The van der Waals surface area contributed by atoms with Gasteiger partial charge in [0.1, 0.15) is 5.82 Å². The highest BCUT2D eigenvalue weighted by atomic mass is 32.2. The number of aromatic amines is 1. The van der Waals surface area contributed by atoms with Gasteiger partial charge in [-0.2, -0.15) is 11.8 Å². The van der Waals surface area contributed by atoms with Crippen LogP contribution in [0.3, 0.4) is 0 Å². The van der Waals surface area contributed by atoms with Gasteiger partial charge in [-0.3, -0.25) is 14.3 Å². The SMILES string of the molecule is CCc1cc(Nc2cc(=O)n(CCCSCc3csc(N)n3)c(=O)[nH]2)ccc1C. The van der Waals surface area contributed by atoms with Crippen LogP contribution in [0.4, 0.5) is 16.6 Å². The molecule has 0 aliphatic carbocycles. The smallest absolute Gasteiger partial charge is 0.329 e. The first kappa shape index (κ1) is 21.2. The number of nitrogens with two attached hydrogens (primary N) is 1. The van der Waals surface area contributed by atoms with E-state index in [0.717, 1.165) is 35.7 Å². The molecule has 0 fully saturated rings. The van der Waals surface area contributed by atoms with E-state index in [9.17, 15) is 9.59 Å². The average molecular weight is 432 g/mol. The number of thioether (sulfide) groups is 1. The van der Waals surface area contributed by atoms with Gasteiger partial charge < -0.3 is 11.1 Å². The highest BCUT2D eigenvalue weighted by molar-refractivity contribution is 7.98. The highest BCUT2D eigenvalue weighted by Crippen LogP contribution is 2.19. The van der Waals surface area contributed by atoms with Crippen LogP contribution in [0.15, 0.2) is 39.2 Å². The molecular weight excluding hydrogens is 406 g/mol. The van der Waals surface area contributed by atoms with Crippen molar-refractivity contribution in [2.24, 2.45) is 0 Å². The van der Waals surface area contributed by atoms with Crippen LogP contribution in [-0.4, -0.2) is 20.3 Å². The molecule has 0 unspecified atom stereocenters. The lowest BCUT2D eigenvalue weighted by molar-refractivity contribution is 0.620. The molecule has 0 saturated carbocycles. The van der Waals surface area contributed by atoms with E-state index in [-0.39, 0.29) is 5.56 Å². The minimum atomic E-state index is -0.403. The average Bonchev–Trinajstić information content (AvgIpc) is 3.10. The molecule has 2 aromatic heterocycles. The van der Waals surface area contributed by atoms with Crippen LogP contribution in [0.1, 0.15) is 30.2 Å². The van der Waals surface area contributed by atoms with E-state index >= 15 is 0 Å². The number of H-pyrrole nitrogens is 1. The molecule has 0 amide bonds. The van der Waals surface area contributed by atoms with Crippen molar-refractivity contribution >= 4 is 39.7 Å². The van der Waals surface area contributed by atoms with Crippen LogP contribution in [0, 0.1) is 6.92 Å². The molecule has 0 radical (unpaired) electrons. The summed E-state index contributed by atoms with van der Waals surface area (Å²) in [6.07, 6.45) is 1.64. The molecule has 7 nitrogen and oxygen atoms in total. The maximum absolute atomic E-state index is 12.4. The Morgan fingerprint density at radius 1 is 1.31 bits per heavy atom. The third-order valence-electron chi connectivity index (χ3n) is 4.52. The second-order valence-electron chi connectivity index (χ2n) is 6.68. The molecule has 29 heavy (non-hydrogen) atoms. The number of rotatable bonds is 9. The number of nitrogens with one attached hydrogen (secondary N) is 2. The molecule has 9 heteroatoms. The van der Waals surface area contributed by atoms with E-state index in [0.29, 0.717) is 17.5 Å². The first-order chi connectivity index (χ1) is 14.0. The van der Waals surface area contributed by atoms with Crippen molar-refractivity contribution in [3.8, 4) is 0 Å². The first-order valence-electron chi connectivity index (χ1n) is 9.44. The summed E-state index contributed by atoms with van der Waals surface area (Å²) >= 11 is 3.14. The van der Waals surface area contributed by atoms with Crippen molar-refractivity contribution in [2.45, 2.75) is 39.0 Å². The lowest BCUT2D eigenvalue weighted by atomic mass is 10.1. The maximum atomic E-state index is 12.4. The maximum Gasteiger partial charge on any atom is 0.329 e. The third kappa shape index (κ3) is 5.74. The summed E-state index contributed by atoms with van der Waals surface area (Å²) in [5.41, 5.74) is 9.16. The summed E-state index contributed by atoms with van der Waals surface area (Å²) in [7, 11) is 0. The van der Waals surface area contributed by atoms with Gasteiger partial charge in [0.2, 0.25) is 0 Å². The molecule has 0 aliphatic heterocycles. The Kier molecular flexibility index (Phi) is 7.16. The van der Waals surface area contributed by atoms with E-state index in [4.69, 9.17) is 5.73 Å². The number of hydrogen-bond acceptors (Lipinski definition) is 7. The number of aryl methyl sites for hydroxylation is 2. The third-order valence-corrected chi connectivity index (χ3v) is 6.32. The second kappa shape index (κ2) is 9.80. The van der Waals surface area contributed by atoms with Gasteiger partial charge in [0.25, 0.3) is 5.56 Å². The van der Waals surface area contributed by atoms with Crippen molar-refractivity contribution in [3.63, 3.8) is 0 Å². The fraction of sp³-hybridized carbons (Fsp3) is 0.350. The van der Waals surface area contributed by atoms with Crippen LogP contribution < -0.4 is 22.3 Å². The normalized spacial score (nSPS) is 11.0. The van der Waals surface area contributed by atoms with Gasteiger partial charge in [-0.1, -0.05) is 13.0 Å². The van der Waals surface area contributed by atoms with Gasteiger partial charge in [-0.25, -0.2) is 9.78 Å². The molecule has 3 aromatic rings. The summed E-state index contributed by atoms with van der Waals surface area (Å²) in [6, 6.07) is 7.42. The predicted octanol–water partition coefficient (Wildman–Crippen LogP) is 3.51. The monoisotopic (exact) mass is 431 g/mol. The zero-order valence-corrected chi connectivity index (χ0v) is 18.2. The number of hydrogen-bond donors (Lipinski definition) is 3. The zero-order chi connectivity index (χ0) is 20.8. The minimum Gasteiger partial charge on any atom is -0.375 e. The predicted molar refractivity (Wildman–Crippen MR) is 122 cm³/mol. The van der Waals surface area contributed by atoms with Gasteiger partial charge in [0.15, 0.2) is 5.13 Å². The molecule has 2 heterocycles. The number of thiazole rings is 1. The highest BCUT2D eigenvalue weighted by Gasteiger charge is 2.06. The van der Waals surface area contributed by atoms with Crippen molar-refractivity contribution < 1.29 is 0 Å². The molecule has 0 aliphatic rings. The molecule has 154 valence electrons. The Morgan fingerprint density at radius 3 is 2.83 bits per heavy atom. The number of anilines is 3. The van der Waals surface area contributed by atoms with Gasteiger partial charge >= 0.3 is 5.69 Å². The lowest BCUT2D eigenvalue weighted by Crippen LogP contribution is -2.35. The van der Waals surface area contributed by atoms with Crippen LogP contribution in [0.5, 0.6) is 0 Å². The molecule has 0 spiro atoms. The zero-order valence-electron chi connectivity index (χ0n) is 16.5. The van der Waals surface area contributed by atoms with E-state index in [2.05, 4.69) is 29.1 Å². The molecule has 4 N–H and O–H groups in total. The summed E-state index contributed by atoms with van der Waals surface area (Å²) in [5.74, 6) is 2.00. The standard InChI is InChI=1S/C20H25N5O2S2/c1-3-14-9-15(6-5-13(14)2)22-17-10-18(26)25(20(27)24-17)7-4-8-28-11-16-12-29-19(21)23-16/h5-6,9-10,12,22H,3-4,7-8,11H2,1-2H3,(H2,21,23)(H,24,27). The first-order valence-corrected chi connectivity index (χ1v) is 11.5. The molecule has 1 aromatic carbocycles. The fourth-order valence-corrected chi connectivity index (χ4v) is 4.48. The largest absolute Gasteiger partial charge is 0.375 e. The van der Waals surface area contributed by atoms with Gasteiger partial charge in [0, 0.05) is 29.4 Å². The van der Waals surface area contributed by atoms with E-state index in [1.165, 1.54) is 33.1 Å². The number of aromatic nitrogens is 3. The Morgan fingerprint density at radius 2 is 2.14 bits per heavy atom. The van der Waals surface area contributed by atoms with E-state index < -0.39 is 5.69 Å². The summed E-state index contributed by atoms with van der Waals surface area (Å²) < 4.78 is 1.24. The Hall–Kier alpha value is -2.52. The van der Waals surface area contributed by atoms with Crippen LogP contribution in [-0.2, 0) is 18.7 Å². The van der Waals surface area contributed by atoms with Gasteiger partial charge in [0.05, 0.1) is 5.69 Å². The van der Waals surface area contributed by atoms with Crippen molar-refractivity contribution in [1.82, 2.24) is 14.5 Å². The molecule has 0 atom stereocenters. The van der Waals surface area contributed by atoms with Gasteiger partial charge in [-0.05, 0) is 48.8 Å².